The molecule has 2 aromatic heterocycles. The highest BCUT2D eigenvalue weighted by Gasteiger charge is 2.19. The summed E-state index contributed by atoms with van der Waals surface area (Å²) in [5.41, 5.74) is 0.457. The monoisotopic (exact) mass is 270 g/mol. The first-order valence-corrected chi connectivity index (χ1v) is 6.46. The van der Waals surface area contributed by atoms with E-state index >= 15 is 0 Å². The second-order valence-electron chi connectivity index (χ2n) is 3.53. The Hall–Kier alpha value is -1.93. The molecule has 0 spiro atoms. The van der Waals surface area contributed by atoms with Crippen molar-refractivity contribution in [1.82, 2.24) is 9.88 Å². The number of hydrogen-bond donors (Lipinski definition) is 1. The van der Waals surface area contributed by atoms with Crippen LogP contribution in [0.2, 0.25) is 0 Å². The van der Waals surface area contributed by atoms with E-state index in [4.69, 9.17) is 8.94 Å². The Morgan fingerprint density at radius 3 is 2.78 bits per heavy atom. The first kappa shape index (κ1) is 12.5. The van der Waals surface area contributed by atoms with Gasteiger partial charge in [-0.15, -0.1) is 0 Å². The summed E-state index contributed by atoms with van der Waals surface area (Å²) in [6.07, 6.45) is 0.431. The molecule has 0 bridgehead atoms. The highest BCUT2D eigenvalue weighted by atomic mass is 32.2. The number of carbonyl (C=O) groups is 1. The number of hydrogen-bond acceptors (Lipinski definition) is 6. The van der Waals surface area contributed by atoms with E-state index in [1.54, 1.807) is 13.0 Å². The van der Waals surface area contributed by atoms with Gasteiger partial charge >= 0.3 is 0 Å². The van der Waals surface area contributed by atoms with E-state index in [0.29, 0.717) is 17.7 Å². The summed E-state index contributed by atoms with van der Waals surface area (Å²) in [6, 6.07) is 4.10. The molecule has 0 saturated heterocycles. The van der Waals surface area contributed by atoms with Crippen molar-refractivity contribution in [2.45, 2.75) is 18.6 Å². The Bertz CT molecular complexity index is 655. The smallest absolute Gasteiger partial charge is 0.274 e. The molecule has 96 valence electrons. The SMILES string of the molecule is Cc1cc(CNS(=O)(=O)c2ccc(C=O)o2)no1. The van der Waals surface area contributed by atoms with Crippen molar-refractivity contribution in [1.29, 1.82) is 0 Å². The van der Waals surface area contributed by atoms with Gasteiger partial charge in [0.05, 0.1) is 12.2 Å². The van der Waals surface area contributed by atoms with Gasteiger partial charge in [-0.1, -0.05) is 5.16 Å². The van der Waals surface area contributed by atoms with Gasteiger partial charge in [-0.3, -0.25) is 4.79 Å². The minimum absolute atomic E-state index is 0.0171. The lowest BCUT2D eigenvalue weighted by atomic mass is 10.4. The molecule has 1 N–H and O–H groups in total. The fraction of sp³-hybridized carbons (Fsp3) is 0.200. The van der Waals surface area contributed by atoms with Crippen molar-refractivity contribution in [2.75, 3.05) is 0 Å². The third kappa shape index (κ3) is 2.66. The molecule has 0 atom stereocenters. The second kappa shape index (κ2) is 4.75. The van der Waals surface area contributed by atoms with Crippen LogP contribution in [0.5, 0.6) is 0 Å². The highest BCUT2D eigenvalue weighted by Crippen LogP contribution is 2.13. The maximum atomic E-state index is 11.8. The highest BCUT2D eigenvalue weighted by molar-refractivity contribution is 7.89. The van der Waals surface area contributed by atoms with Crippen LogP contribution in [-0.4, -0.2) is 19.9 Å². The van der Waals surface area contributed by atoms with Crippen LogP contribution in [0, 0.1) is 6.92 Å². The molecule has 7 nitrogen and oxygen atoms in total. The average molecular weight is 270 g/mol. The molecule has 0 fully saturated rings. The fourth-order valence-electron chi connectivity index (χ4n) is 1.28. The van der Waals surface area contributed by atoms with E-state index in [2.05, 4.69) is 9.88 Å². The number of rotatable bonds is 5. The van der Waals surface area contributed by atoms with Crippen LogP contribution in [-0.2, 0) is 16.6 Å². The lowest BCUT2D eigenvalue weighted by Crippen LogP contribution is -2.22. The van der Waals surface area contributed by atoms with Crippen molar-refractivity contribution >= 4 is 16.3 Å². The number of aryl methyl sites for hydroxylation is 1. The molecule has 18 heavy (non-hydrogen) atoms. The normalized spacial score (nSPS) is 11.6. The third-order valence-electron chi connectivity index (χ3n) is 2.10. The van der Waals surface area contributed by atoms with Gasteiger partial charge in [0.15, 0.2) is 12.0 Å². The molecule has 0 aromatic carbocycles. The Morgan fingerprint density at radius 1 is 1.44 bits per heavy atom. The van der Waals surface area contributed by atoms with Gasteiger partial charge in [0.25, 0.3) is 10.0 Å². The zero-order valence-electron chi connectivity index (χ0n) is 9.41. The van der Waals surface area contributed by atoms with E-state index in [0.717, 1.165) is 0 Å². The van der Waals surface area contributed by atoms with E-state index in [1.807, 2.05) is 0 Å². The molecule has 0 aliphatic carbocycles. The molecule has 0 aliphatic rings. The molecule has 2 rings (SSSR count). The van der Waals surface area contributed by atoms with Gasteiger partial charge in [0, 0.05) is 6.07 Å². The van der Waals surface area contributed by atoms with Gasteiger partial charge in [-0.2, -0.15) is 0 Å². The van der Waals surface area contributed by atoms with E-state index in [-0.39, 0.29) is 17.4 Å². The van der Waals surface area contributed by atoms with Crippen LogP contribution >= 0.6 is 0 Å². The average Bonchev–Trinajstić information content (AvgIpc) is 2.95. The van der Waals surface area contributed by atoms with Crippen molar-refractivity contribution < 1.29 is 22.2 Å². The van der Waals surface area contributed by atoms with Crippen molar-refractivity contribution in [2.24, 2.45) is 0 Å². The first-order chi connectivity index (χ1) is 8.51. The van der Waals surface area contributed by atoms with Crippen molar-refractivity contribution in [3.63, 3.8) is 0 Å². The summed E-state index contributed by atoms with van der Waals surface area (Å²) in [7, 11) is -3.80. The third-order valence-corrected chi connectivity index (χ3v) is 3.38. The predicted molar refractivity (Wildman–Crippen MR) is 59.4 cm³/mol. The number of furan rings is 1. The van der Waals surface area contributed by atoms with Crippen LogP contribution in [0.4, 0.5) is 0 Å². The largest absolute Gasteiger partial charge is 0.440 e. The molecule has 0 aliphatic heterocycles. The van der Waals surface area contributed by atoms with Gasteiger partial charge < -0.3 is 8.94 Å². The maximum Gasteiger partial charge on any atom is 0.274 e. The standard InChI is InChI=1S/C10H10N2O5S/c1-7-4-8(12-17-7)5-11-18(14,15)10-3-2-9(6-13)16-10/h2-4,6,11H,5H2,1H3. The number of aromatic nitrogens is 1. The predicted octanol–water partition coefficient (Wildman–Crippen LogP) is 0.867. The van der Waals surface area contributed by atoms with Crippen LogP contribution in [0.3, 0.4) is 0 Å². The molecular formula is C10H10N2O5S. The van der Waals surface area contributed by atoms with Crippen LogP contribution in [0.15, 0.2) is 32.2 Å². The minimum atomic E-state index is -3.80. The number of aldehydes is 1. The lowest BCUT2D eigenvalue weighted by Gasteiger charge is -2.00. The van der Waals surface area contributed by atoms with Crippen molar-refractivity contribution in [3.8, 4) is 0 Å². The number of sulfonamides is 1. The Balaban J connectivity index is 2.09. The summed E-state index contributed by atoms with van der Waals surface area (Å²) >= 11 is 0. The zero-order chi connectivity index (χ0) is 13.2. The molecule has 2 heterocycles. The van der Waals surface area contributed by atoms with Gasteiger partial charge in [-0.05, 0) is 19.1 Å². The van der Waals surface area contributed by atoms with E-state index in [1.165, 1.54) is 12.1 Å². The van der Waals surface area contributed by atoms with Crippen LogP contribution < -0.4 is 4.72 Å². The molecule has 0 radical (unpaired) electrons. The second-order valence-corrected chi connectivity index (χ2v) is 5.23. The number of nitrogens with one attached hydrogen (secondary N) is 1. The zero-order valence-corrected chi connectivity index (χ0v) is 10.2. The molecular weight excluding hydrogens is 260 g/mol. The maximum absolute atomic E-state index is 11.8. The minimum Gasteiger partial charge on any atom is -0.440 e. The lowest BCUT2D eigenvalue weighted by molar-refractivity contribution is 0.109. The quantitative estimate of drug-likeness (QED) is 0.808. The Labute approximate surface area is 103 Å². The van der Waals surface area contributed by atoms with E-state index < -0.39 is 10.0 Å². The Morgan fingerprint density at radius 2 is 2.22 bits per heavy atom. The van der Waals surface area contributed by atoms with Crippen molar-refractivity contribution in [3.05, 3.63) is 35.4 Å². The first-order valence-electron chi connectivity index (χ1n) is 4.98. The summed E-state index contributed by atoms with van der Waals surface area (Å²) in [4.78, 5) is 10.4. The van der Waals surface area contributed by atoms with Crippen LogP contribution in [0.1, 0.15) is 22.0 Å². The Kier molecular flexibility index (Phi) is 3.30. The number of nitrogens with zero attached hydrogens (tertiary/aromatic N) is 1. The van der Waals surface area contributed by atoms with Gasteiger partial charge in [-0.25, -0.2) is 13.1 Å². The molecule has 2 aromatic rings. The van der Waals surface area contributed by atoms with Crippen LogP contribution in [0.25, 0.3) is 0 Å². The summed E-state index contributed by atoms with van der Waals surface area (Å²) < 4.78 is 35.4. The molecule has 8 heteroatoms. The topological polar surface area (TPSA) is 102 Å². The molecule has 0 saturated carbocycles. The summed E-state index contributed by atoms with van der Waals surface area (Å²) in [6.45, 7) is 1.69. The summed E-state index contributed by atoms with van der Waals surface area (Å²) in [5.74, 6) is 0.540. The molecule has 0 amide bonds. The van der Waals surface area contributed by atoms with Gasteiger partial charge in [0.1, 0.15) is 5.76 Å². The fourth-order valence-corrected chi connectivity index (χ4v) is 2.22. The summed E-state index contributed by atoms with van der Waals surface area (Å²) in [5, 5.41) is 3.33. The van der Waals surface area contributed by atoms with Gasteiger partial charge in [0.2, 0.25) is 5.09 Å². The molecule has 0 unspecified atom stereocenters. The number of carbonyl (C=O) groups excluding carboxylic acids is 1. The van der Waals surface area contributed by atoms with E-state index in [9.17, 15) is 13.2 Å².